The van der Waals surface area contributed by atoms with Crippen LogP contribution in [0.4, 0.5) is 0 Å². The van der Waals surface area contributed by atoms with Gasteiger partial charge in [0.2, 0.25) is 17.7 Å². The van der Waals surface area contributed by atoms with Gasteiger partial charge in [-0.25, -0.2) is 0 Å². The Kier molecular flexibility index (Phi) is 8.22. The van der Waals surface area contributed by atoms with Crippen molar-refractivity contribution in [3.8, 4) is 0 Å². The summed E-state index contributed by atoms with van der Waals surface area (Å²) in [6.07, 6.45) is 0. The van der Waals surface area contributed by atoms with Gasteiger partial charge >= 0.3 is 0 Å². The Morgan fingerprint density at radius 1 is 0.762 bits per heavy atom. The number of hydrogen-bond donors (Lipinski definition) is 1. The van der Waals surface area contributed by atoms with Gasteiger partial charge < -0.3 is 20.0 Å². The van der Waals surface area contributed by atoms with E-state index < -0.39 is 0 Å². The molecular weight excluding hydrogens is 276 g/mol. The number of carbonyl (C=O) groups is 4. The molecule has 21 heavy (non-hydrogen) atoms. The molecule has 120 valence electrons. The third-order valence-corrected chi connectivity index (χ3v) is 2.81. The second-order valence-electron chi connectivity index (χ2n) is 4.98. The summed E-state index contributed by atoms with van der Waals surface area (Å²) in [5, 5.41) is 2.71. The molecule has 3 amide bonds. The highest BCUT2D eigenvalue weighted by molar-refractivity contribution is 5.90. The minimum Gasteiger partial charge on any atom is -0.337 e. The molecule has 8 heteroatoms. The van der Waals surface area contributed by atoms with Gasteiger partial charge in [0.15, 0.2) is 0 Å². The van der Waals surface area contributed by atoms with Crippen molar-refractivity contribution in [2.45, 2.75) is 6.92 Å². The average molecular weight is 300 g/mol. The van der Waals surface area contributed by atoms with Crippen molar-refractivity contribution in [2.75, 3.05) is 54.4 Å². The second kappa shape index (κ2) is 9.06. The number of nitrogens with zero attached hydrogens (tertiary/aromatic N) is 3. The van der Waals surface area contributed by atoms with Crippen LogP contribution in [0.5, 0.6) is 0 Å². The first-order valence-electron chi connectivity index (χ1n) is 6.55. The van der Waals surface area contributed by atoms with Crippen molar-refractivity contribution in [2.24, 2.45) is 0 Å². The Labute approximate surface area is 125 Å². The number of amides is 3. The Morgan fingerprint density at radius 2 is 1.14 bits per heavy atom. The zero-order valence-electron chi connectivity index (χ0n) is 13.3. The van der Waals surface area contributed by atoms with Gasteiger partial charge in [0, 0.05) is 21.1 Å². The molecule has 0 heterocycles. The van der Waals surface area contributed by atoms with Gasteiger partial charge in [0.25, 0.3) is 0 Å². The van der Waals surface area contributed by atoms with Crippen LogP contribution in [-0.4, -0.2) is 92.6 Å². The van der Waals surface area contributed by atoms with E-state index in [0.717, 1.165) is 0 Å². The second-order valence-corrected chi connectivity index (χ2v) is 4.98. The van der Waals surface area contributed by atoms with E-state index in [1.54, 1.807) is 7.05 Å². The molecule has 0 saturated carbocycles. The molecule has 0 aromatic carbocycles. The quantitative estimate of drug-likeness (QED) is 0.569. The van der Waals surface area contributed by atoms with Crippen LogP contribution in [0.15, 0.2) is 0 Å². The molecule has 0 fully saturated rings. The first kappa shape index (κ1) is 19.0. The SMILES string of the molecule is CNCC(=O)N(C)CC(=O)N(C)CC(=O)N(C)CC(C)=O. The van der Waals surface area contributed by atoms with Crippen molar-refractivity contribution in [1.82, 2.24) is 20.0 Å². The zero-order valence-corrected chi connectivity index (χ0v) is 13.3. The lowest BCUT2D eigenvalue weighted by Crippen LogP contribution is -2.45. The number of nitrogens with one attached hydrogen (secondary N) is 1. The normalized spacial score (nSPS) is 9.95. The number of rotatable bonds is 8. The van der Waals surface area contributed by atoms with Crippen LogP contribution in [0.2, 0.25) is 0 Å². The van der Waals surface area contributed by atoms with Crippen LogP contribution in [0.3, 0.4) is 0 Å². The molecule has 8 nitrogen and oxygen atoms in total. The van der Waals surface area contributed by atoms with Crippen molar-refractivity contribution in [3.63, 3.8) is 0 Å². The van der Waals surface area contributed by atoms with Crippen LogP contribution >= 0.6 is 0 Å². The highest BCUT2D eigenvalue weighted by Crippen LogP contribution is 1.94. The maximum atomic E-state index is 11.9. The molecule has 1 N–H and O–H groups in total. The van der Waals surface area contributed by atoms with Gasteiger partial charge in [-0.2, -0.15) is 0 Å². The van der Waals surface area contributed by atoms with Gasteiger partial charge in [0.1, 0.15) is 5.78 Å². The molecule has 0 spiro atoms. The fraction of sp³-hybridized carbons (Fsp3) is 0.692. The number of likely N-dealkylation sites (N-methyl/N-ethyl adjacent to an activating group) is 4. The van der Waals surface area contributed by atoms with Gasteiger partial charge in [-0.15, -0.1) is 0 Å². The van der Waals surface area contributed by atoms with Gasteiger partial charge in [0.05, 0.1) is 26.2 Å². The van der Waals surface area contributed by atoms with Crippen LogP contribution in [0, 0.1) is 0 Å². The molecule has 0 rings (SSSR count). The Bertz CT molecular complexity index is 411. The highest BCUT2D eigenvalue weighted by atomic mass is 16.2. The average Bonchev–Trinajstić information content (AvgIpc) is 2.37. The fourth-order valence-corrected chi connectivity index (χ4v) is 1.53. The third kappa shape index (κ3) is 7.40. The van der Waals surface area contributed by atoms with E-state index in [1.165, 1.54) is 42.8 Å². The van der Waals surface area contributed by atoms with E-state index in [-0.39, 0.29) is 49.7 Å². The van der Waals surface area contributed by atoms with Crippen LogP contribution in [0.25, 0.3) is 0 Å². The third-order valence-electron chi connectivity index (χ3n) is 2.81. The maximum Gasteiger partial charge on any atom is 0.242 e. The minimum absolute atomic E-state index is 0.0153. The lowest BCUT2D eigenvalue weighted by atomic mass is 10.3. The number of Topliss-reactive ketones (excluding diaryl/α,β-unsaturated/α-hetero) is 1. The molecule has 0 atom stereocenters. The van der Waals surface area contributed by atoms with Crippen molar-refractivity contribution in [1.29, 1.82) is 0 Å². The number of carbonyl (C=O) groups excluding carboxylic acids is 4. The molecule has 0 saturated heterocycles. The maximum absolute atomic E-state index is 11.9. The van der Waals surface area contributed by atoms with E-state index in [4.69, 9.17) is 0 Å². The molecule has 0 unspecified atom stereocenters. The summed E-state index contributed by atoms with van der Waals surface area (Å²) in [4.78, 5) is 50.0. The molecule has 0 aliphatic carbocycles. The summed E-state index contributed by atoms with van der Waals surface area (Å²) in [6.45, 7) is 1.33. The first-order chi connectivity index (χ1) is 9.68. The zero-order chi connectivity index (χ0) is 16.6. The van der Waals surface area contributed by atoms with Crippen LogP contribution < -0.4 is 5.32 Å². The van der Waals surface area contributed by atoms with Crippen molar-refractivity contribution < 1.29 is 19.2 Å². The van der Waals surface area contributed by atoms with Crippen LogP contribution in [0.1, 0.15) is 6.92 Å². The highest BCUT2D eigenvalue weighted by Gasteiger charge is 2.19. The van der Waals surface area contributed by atoms with Crippen molar-refractivity contribution in [3.05, 3.63) is 0 Å². The molecule has 0 aromatic rings. The summed E-state index contributed by atoms with van der Waals surface area (Å²) >= 11 is 0. The van der Waals surface area contributed by atoms with E-state index in [0.29, 0.717) is 0 Å². The smallest absolute Gasteiger partial charge is 0.242 e. The fourth-order valence-electron chi connectivity index (χ4n) is 1.53. The topological polar surface area (TPSA) is 90.0 Å². The lowest BCUT2D eigenvalue weighted by molar-refractivity contribution is -0.142. The monoisotopic (exact) mass is 300 g/mol. The van der Waals surface area contributed by atoms with E-state index in [1.807, 2.05) is 0 Å². The summed E-state index contributed by atoms with van der Waals surface area (Å²) in [6, 6.07) is 0. The largest absolute Gasteiger partial charge is 0.337 e. The van der Waals surface area contributed by atoms with Gasteiger partial charge in [-0.3, -0.25) is 19.2 Å². The molecule has 0 radical (unpaired) electrons. The van der Waals surface area contributed by atoms with Gasteiger partial charge in [-0.05, 0) is 14.0 Å². The van der Waals surface area contributed by atoms with E-state index in [9.17, 15) is 19.2 Å². The summed E-state index contributed by atoms with van der Waals surface area (Å²) in [5.41, 5.74) is 0. The summed E-state index contributed by atoms with van der Waals surface area (Å²) < 4.78 is 0. The Hall–Kier alpha value is -1.96. The molecule has 0 aliphatic rings. The molecule has 0 aliphatic heterocycles. The first-order valence-corrected chi connectivity index (χ1v) is 6.55. The summed E-state index contributed by atoms with van der Waals surface area (Å²) in [7, 11) is 6.15. The minimum atomic E-state index is -0.341. The number of hydrogen-bond acceptors (Lipinski definition) is 5. The standard InChI is InChI=1S/C13H24N4O4/c1-10(18)7-15(3)12(20)9-17(5)13(21)8-16(4)11(19)6-14-2/h14H,6-9H2,1-5H3. The molecular formula is C13H24N4O4. The predicted octanol–water partition coefficient (Wildman–Crippen LogP) is -1.83. The molecule has 0 aromatic heterocycles. The van der Waals surface area contributed by atoms with E-state index >= 15 is 0 Å². The number of ketones is 1. The summed E-state index contributed by atoms with van der Waals surface area (Å²) in [5.74, 6) is -1.01. The Morgan fingerprint density at radius 3 is 1.52 bits per heavy atom. The van der Waals surface area contributed by atoms with E-state index in [2.05, 4.69) is 5.32 Å². The van der Waals surface area contributed by atoms with Gasteiger partial charge in [-0.1, -0.05) is 0 Å². The van der Waals surface area contributed by atoms with Crippen molar-refractivity contribution >= 4 is 23.5 Å². The predicted molar refractivity (Wildman–Crippen MR) is 77.5 cm³/mol. The lowest BCUT2D eigenvalue weighted by Gasteiger charge is -2.23. The molecule has 0 bridgehead atoms. The Balaban J connectivity index is 4.36. The van der Waals surface area contributed by atoms with Crippen LogP contribution in [-0.2, 0) is 19.2 Å².